The summed E-state index contributed by atoms with van der Waals surface area (Å²) in [6.45, 7) is 4.89. The van der Waals surface area contributed by atoms with Crippen LogP contribution in [0.25, 0.3) is 0 Å². The van der Waals surface area contributed by atoms with E-state index in [1.807, 2.05) is 0 Å². The lowest BCUT2D eigenvalue weighted by Gasteiger charge is -2.45. The Bertz CT molecular complexity index is 291. The lowest BCUT2D eigenvalue weighted by molar-refractivity contribution is 0.0453. The van der Waals surface area contributed by atoms with E-state index >= 15 is 0 Å². The van der Waals surface area contributed by atoms with Gasteiger partial charge >= 0.3 is 0 Å². The molecule has 2 heteroatoms. The van der Waals surface area contributed by atoms with Crippen molar-refractivity contribution < 1.29 is 0 Å². The Kier molecular flexibility index (Phi) is 5.39. The minimum absolute atomic E-state index is 0.775. The highest BCUT2D eigenvalue weighted by atomic mass is 15.2. The van der Waals surface area contributed by atoms with Gasteiger partial charge < -0.3 is 5.32 Å². The van der Waals surface area contributed by atoms with Crippen LogP contribution in [0.2, 0.25) is 0 Å². The molecule has 1 heterocycles. The molecule has 0 radical (unpaired) electrons. The number of likely N-dealkylation sites (tertiary alicyclic amines) is 1. The fourth-order valence-corrected chi connectivity index (χ4v) is 5.16. The summed E-state index contributed by atoms with van der Waals surface area (Å²) in [7, 11) is 0. The summed E-state index contributed by atoms with van der Waals surface area (Å²) in [5.74, 6) is 1.04. The van der Waals surface area contributed by atoms with E-state index in [0.717, 1.165) is 24.0 Å². The minimum Gasteiger partial charge on any atom is -0.312 e. The van der Waals surface area contributed by atoms with E-state index in [9.17, 15) is 0 Å². The van der Waals surface area contributed by atoms with Crippen molar-refractivity contribution in [1.29, 1.82) is 0 Å². The van der Waals surface area contributed by atoms with E-state index in [-0.39, 0.29) is 0 Å². The quantitative estimate of drug-likeness (QED) is 0.783. The fourth-order valence-electron chi connectivity index (χ4n) is 5.16. The maximum Gasteiger partial charge on any atom is 0.0252 e. The Labute approximate surface area is 125 Å². The predicted molar refractivity (Wildman–Crippen MR) is 86.0 cm³/mol. The highest BCUT2D eigenvalue weighted by Crippen LogP contribution is 2.39. The van der Waals surface area contributed by atoms with Crippen LogP contribution in [0.5, 0.6) is 0 Å². The first kappa shape index (κ1) is 14.8. The van der Waals surface area contributed by atoms with Crippen LogP contribution in [0.3, 0.4) is 0 Å². The van der Waals surface area contributed by atoms with E-state index in [0.29, 0.717) is 0 Å². The second kappa shape index (κ2) is 7.26. The van der Waals surface area contributed by atoms with Gasteiger partial charge in [0.15, 0.2) is 0 Å². The molecule has 0 aromatic carbocycles. The van der Waals surface area contributed by atoms with E-state index in [1.165, 1.54) is 83.7 Å². The third-order valence-corrected chi connectivity index (χ3v) is 6.10. The zero-order valence-corrected chi connectivity index (χ0v) is 13.4. The number of fused-ring (bicyclic) bond motifs is 1. The summed E-state index contributed by atoms with van der Waals surface area (Å²) in [5.41, 5.74) is 0. The standard InChI is InChI=1S/C18H34N2/c1-2-13-19-16-10-4-3-5-11-18(16)20-14-7-9-15-8-6-12-17(15)20/h15-19H,2-14H2,1H3. The Morgan fingerprint density at radius 2 is 1.65 bits per heavy atom. The van der Waals surface area contributed by atoms with Crippen LogP contribution in [0.4, 0.5) is 0 Å². The predicted octanol–water partition coefficient (Wildman–Crippen LogP) is 3.95. The van der Waals surface area contributed by atoms with Gasteiger partial charge in [-0.05, 0) is 64.0 Å². The monoisotopic (exact) mass is 278 g/mol. The van der Waals surface area contributed by atoms with Gasteiger partial charge in [0.2, 0.25) is 0 Å². The Hall–Kier alpha value is -0.0800. The van der Waals surface area contributed by atoms with Gasteiger partial charge in [0.25, 0.3) is 0 Å². The van der Waals surface area contributed by atoms with Crippen molar-refractivity contribution in [2.75, 3.05) is 13.1 Å². The zero-order valence-electron chi connectivity index (χ0n) is 13.4. The van der Waals surface area contributed by atoms with Crippen LogP contribution in [0, 0.1) is 5.92 Å². The SMILES string of the molecule is CCCNC1CCCCCC1N1CCCC2CCCC21. The van der Waals surface area contributed by atoms with Crippen molar-refractivity contribution in [3.63, 3.8) is 0 Å². The molecule has 3 fully saturated rings. The second-order valence-corrected chi connectivity index (χ2v) is 7.40. The lowest BCUT2D eigenvalue weighted by atomic mass is 9.88. The molecule has 0 aromatic heterocycles. The van der Waals surface area contributed by atoms with Crippen LogP contribution in [-0.2, 0) is 0 Å². The smallest absolute Gasteiger partial charge is 0.0252 e. The van der Waals surface area contributed by atoms with Crippen molar-refractivity contribution in [2.45, 2.75) is 95.7 Å². The van der Waals surface area contributed by atoms with Gasteiger partial charge in [-0.25, -0.2) is 0 Å². The highest BCUT2D eigenvalue weighted by Gasteiger charge is 2.40. The lowest BCUT2D eigenvalue weighted by Crippen LogP contribution is -2.56. The first-order valence-electron chi connectivity index (χ1n) is 9.39. The van der Waals surface area contributed by atoms with E-state index in [1.54, 1.807) is 0 Å². The van der Waals surface area contributed by atoms with Gasteiger partial charge in [-0.15, -0.1) is 0 Å². The maximum atomic E-state index is 3.90. The summed E-state index contributed by atoms with van der Waals surface area (Å²) in [5, 5.41) is 3.90. The molecular formula is C18H34N2. The molecule has 3 rings (SSSR count). The molecule has 4 unspecified atom stereocenters. The summed E-state index contributed by atoms with van der Waals surface area (Å²) in [6, 6.07) is 2.56. The molecule has 2 saturated carbocycles. The normalized spacial score (nSPS) is 39.5. The molecule has 2 nitrogen and oxygen atoms in total. The van der Waals surface area contributed by atoms with Crippen LogP contribution in [0.1, 0.15) is 77.6 Å². The Balaban J connectivity index is 1.69. The summed E-state index contributed by atoms with van der Waals surface area (Å²) in [4.78, 5) is 2.97. The summed E-state index contributed by atoms with van der Waals surface area (Å²) >= 11 is 0. The fraction of sp³-hybridized carbons (Fsp3) is 1.00. The molecule has 3 aliphatic rings. The molecule has 0 amide bonds. The molecule has 4 atom stereocenters. The first-order chi connectivity index (χ1) is 9.90. The van der Waals surface area contributed by atoms with Crippen molar-refractivity contribution >= 4 is 0 Å². The first-order valence-corrected chi connectivity index (χ1v) is 9.39. The second-order valence-electron chi connectivity index (χ2n) is 7.40. The van der Waals surface area contributed by atoms with Crippen molar-refractivity contribution in [3.8, 4) is 0 Å². The Morgan fingerprint density at radius 3 is 2.55 bits per heavy atom. The van der Waals surface area contributed by atoms with Gasteiger partial charge in [-0.3, -0.25) is 4.90 Å². The average molecular weight is 278 g/mol. The van der Waals surface area contributed by atoms with Crippen LogP contribution in [-0.4, -0.2) is 36.1 Å². The number of nitrogens with one attached hydrogen (secondary N) is 1. The van der Waals surface area contributed by atoms with E-state index < -0.39 is 0 Å². The number of hydrogen-bond donors (Lipinski definition) is 1. The third-order valence-electron chi connectivity index (χ3n) is 6.10. The zero-order chi connectivity index (χ0) is 13.8. The molecule has 0 spiro atoms. The summed E-state index contributed by atoms with van der Waals surface area (Å²) < 4.78 is 0. The Morgan fingerprint density at radius 1 is 0.850 bits per heavy atom. The number of hydrogen-bond acceptors (Lipinski definition) is 2. The number of piperidine rings is 1. The van der Waals surface area contributed by atoms with Gasteiger partial charge in [0.05, 0.1) is 0 Å². The van der Waals surface area contributed by atoms with E-state index in [4.69, 9.17) is 0 Å². The number of nitrogens with zero attached hydrogens (tertiary/aromatic N) is 1. The van der Waals surface area contributed by atoms with Gasteiger partial charge in [0, 0.05) is 18.1 Å². The topological polar surface area (TPSA) is 15.3 Å². The molecule has 0 bridgehead atoms. The van der Waals surface area contributed by atoms with Crippen molar-refractivity contribution in [1.82, 2.24) is 10.2 Å². The molecule has 1 aliphatic heterocycles. The molecule has 1 saturated heterocycles. The maximum absolute atomic E-state index is 3.90. The van der Waals surface area contributed by atoms with Crippen LogP contribution in [0.15, 0.2) is 0 Å². The van der Waals surface area contributed by atoms with Gasteiger partial charge in [0.1, 0.15) is 0 Å². The molecule has 20 heavy (non-hydrogen) atoms. The third kappa shape index (κ3) is 3.22. The molecule has 2 aliphatic carbocycles. The molecule has 116 valence electrons. The number of rotatable bonds is 4. The molecular weight excluding hydrogens is 244 g/mol. The van der Waals surface area contributed by atoms with Crippen molar-refractivity contribution in [2.24, 2.45) is 5.92 Å². The highest BCUT2D eigenvalue weighted by molar-refractivity contribution is 4.96. The largest absolute Gasteiger partial charge is 0.312 e. The van der Waals surface area contributed by atoms with Crippen molar-refractivity contribution in [3.05, 3.63) is 0 Å². The minimum atomic E-state index is 0.775. The molecule has 1 N–H and O–H groups in total. The molecule has 0 aromatic rings. The van der Waals surface area contributed by atoms with Gasteiger partial charge in [-0.2, -0.15) is 0 Å². The van der Waals surface area contributed by atoms with E-state index in [2.05, 4.69) is 17.1 Å². The summed E-state index contributed by atoms with van der Waals surface area (Å²) in [6.07, 6.45) is 16.0. The average Bonchev–Trinajstić information content (AvgIpc) is 2.84. The van der Waals surface area contributed by atoms with Gasteiger partial charge in [-0.1, -0.05) is 32.6 Å². The van der Waals surface area contributed by atoms with Crippen LogP contribution < -0.4 is 5.32 Å². The van der Waals surface area contributed by atoms with Crippen LogP contribution >= 0.6 is 0 Å².